The van der Waals surface area contributed by atoms with Crippen LogP contribution in [0.25, 0.3) is 0 Å². The minimum Gasteiger partial charge on any atom is -0.496 e. The van der Waals surface area contributed by atoms with Crippen LogP contribution in [0.5, 0.6) is 17.2 Å². The molecule has 0 atom stereocenters. The largest absolute Gasteiger partial charge is 0.496 e. The summed E-state index contributed by atoms with van der Waals surface area (Å²) in [6.07, 6.45) is 0. The number of hydrogen-bond acceptors (Lipinski definition) is 5. The van der Waals surface area contributed by atoms with Crippen LogP contribution < -0.4 is 24.8 Å². The molecule has 7 nitrogen and oxygen atoms in total. The highest BCUT2D eigenvalue weighted by molar-refractivity contribution is 5.97. The predicted octanol–water partition coefficient (Wildman–Crippen LogP) is 1.76. The van der Waals surface area contributed by atoms with Gasteiger partial charge in [0.05, 0.1) is 27.9 Å². The SMILES string of the molecule is COc1ccccc1CNC(=O)CNC(=O)c1ccc(OC)c(OC)c1. The van der Waals surface area contributed by atoms with Crippen molar-refractivity contribution >= 4 is 11.8 Å². The summed E-state index contributed by atoms with van der Waals surface area (Å²) in [6, 6.07) is 12.2. The summed E-state index contributed by atoms with van der Waals surface area (Å²) < 4.78 is 15.5. The van der Waals surface area contributed by atoms with Gasteiger partial charge >= 0.3 is 0 Å². The Morgan fingerprint density at radius 2 is 1.54 bits per heavy atom. The van der Waals surface area contributed by atoms with Gasteiger partial charge in [0, 0.05) is 17.7 Å². The van der Waals surface area contributed by atoms with E-state index in [4.69, 9.17) is 14.2 Å². The second-order valence-corrected chi connectivity index (χ2v) is 5.34. The Balaban J connectivity index is 1.88. The number of para-hydroxylation sites is 1. The molecule has 0 spiro atoms. The van der Waals surface area contributed by atoms with Crippen LogP contribution in [0.3, 0.4) is 0 Å². The van der Waals surface area contributed by atoms with Gasteiger partial charge in [0.15, 0.2) is 11.5 Å². The predicted molar refractivity (Wildman–Crippen MR) is 96.7 cm³/mol. The number of rotatable bonds is 8. The summed E-state index contributed by atoms with van der Waals surface area (Å²) in [5.41, 5.74) is 1.23. The number of carbonyl (C=O) groups is 2. The van der Waals surface area contributed by atoms with E-state index in [9.17, 15) is 9.59 Å². The molecule has 2 amide bonds. The standard InChI is InChI=1S/C19H22N2O5/c1-24-15-7-5-4-6-14(15)11-20-18(22)12-21-19(23)13-8-9-16(25-2)17(10-13)26-3/h4-10H,11-12H2,1-3H3,(H,20,22)(H,21,23). The molecule has 7 heteroatoms. The van der Waals surface area contributed by atoms with Gasteiger partial charge in [-0.15, -0.1) is 0 Å². The molecule has 0 saturated carbocycles. The van der Waals surface area contributed by atoms with Crippen LogP contribution in [0.1, 0.15) is 15.9 Å². The van der Waals surface area contributed by atoms with Crippen molar-refractivity contribution in [3.63, 3.8) is 0 Å². The Kier molecular flexibility index (Phi) is 6.84. The Hall–Kier alpha value is -3.22. The van der Waals surface area contributed by atoms with E-state index in [2.05, 4.69) is 10.6 Å². The van der Waals surface area contributed by atoms with E-state index in [-0.39, 0.29) is 18.4 Å². The molecule has 2 aromatic rings. The molecule has 0 aliphatic heterocycles. The van der Waals surface area contributed by atoms with Crippen molar-refractivity contribution in [2.24, 2.45) is 0 Å². The van der Waals surface area contributed by atoms with Crippen molar-refractivity contribution in [1.29, 1.82) is 0 Å². The van der Waals surface area contributed by atoms with E-state index in [1.54, 1.807) is 25.3 Å². The zero-order valence-electron chi connectivity index (χ0n) is 15.0. The average Bonchev–Trinajstić information content (AvgIpc) is 2.69. The number of benzene rings is 2. The van der Waals surface area contributed by atoms with Crippen molar-refractivity contribution in [3.05, 3.63) is 53.6 Å². The molecular weight excluding hydrogens is 336 g/mol. The van der Waals surface area contributed by atoms with Crippen LogP contribution in [0.2, 0.25) is 0 Å². The molecule has 0 fully saturated rings. The molecule has 2 rings (SSSR count). The Morgan fingerprint density at radius 3 is 2.23 bits per heavy atom. The van der Waals surface area contributed by atoms with E-state index < -0.39 is 0 Å². The van der Waals surface area contributed by atoms with Gasteiger partial charge in [0.2, 0.25) is 5.91 Å². The Bertz CT molecular complexity index is 776. The summed E-state index contributed by atoms with van der Waals surface area (Å²) >= 11 is 0. The van der Waals surface area contributed by atoms with Gasteiger partial charge in [-0.25, -0.2) is 0 Å². The van der Waals surface area contributed by atoms with Gasteiger partial charge in [-0.3, -0.25) is 9.59 Å². The van der Waals surface area contributed by atoms with Crippen molar-refractivity contribution in [3.8, 4) is 17.2 Å². The minimum atomic E-state index is -0.376. The molecular formula is C19H22N2O5. The second-order valence-electron chi connectivity index (χ2n) is 5.34. The third-order valence-electron chi connectivity index (χ3n) is 3.72. The van der Waals surface area contributed by atoms with E-state index >= 15 is 0 Å². The van der Waals surface area contributed by atoms with E-state index in [1.165, 1.54) is 14.2 Å². The summed E-state index contributed by atoms with van der Waals surface area (Å²) in [5.74, 6) is 0.990. The number of nitrogens with one attached hydrogen (secondary N) is 2. The molecule has 0 heterocycles. The smallest absolute Gasteiger partial charge is 0.251 e. The first-order chi connectivity index (χ1) is 12.6. The maximum atomic E-state index is 12.2. The minimum absolute atomic E-state index is 0.137. The van der Waals surface area contributed by atoms with Crippen LogP contribution in [-0.2, 0) is 11.3 Å². The van der Waals surface area contributed by atoms with Crippen LogP contribution in [0.15, 0.2) is 42.5 Å². The monoisotopic (exact) mass is 358 g/mol. The van der Waals surface area contributed by atoms with Gasteiger partial charge in [-0.05, 0) is 24.3 Å². The van der Waals surface area contributed by atoms with Crippen LogP contribution >= 0.6 is 0 Å². The van der Waals surface area contributed by atoms with E-state index in [1.807, 2.05) is 24.3 Å². The fraction of sp³-hybridized carbons (Fsp3) is 0.263. The third kappa shape index (κ3) is 4.89. The molecule has 0 radical (unpaired) electrons. The van der Waals surface area contributed by atoms with Crippen molar-refractivity contribution in [2.75, 3.05) is 27.9 Å². The molecule has 2 aromatic carbocycles. The zero-order chi connectivity index (χ0) is 18.9. The normalized spacial score (nSPS) is 9.96. The van der Waals surface area contributed by atoms with Gasteiger partial charge in [-0.1, -0.05) is 18.2 Å². The van der Waals surface area contributed by atoms with Gasteiger partial charge in [-0.2, -0.15) is 0 Å². The average molecular weight is 358 g/mol. The van der Waals surface area contributed by atoms with Crippen LogP contribution in [0, 0.1) is 0 Å². The molecule has 138 valence electrons. The van der Waals surface area contributed by atoms with Crippen molar-refractivity contribution in [1.82, 2.24) is 10.6 Å². The Labute approximate surface area is 152 Å². The van der Waals surface area contributed by atoms with Crippen molar-refractivity contribution in [2.45, 2.75) is 6.54 Å². The summed E-state index contributed by atoms with van der Waals surface area (Å²) in [5, 5.41) is 5.32. The molecule has 0 aromatic heterocycles. The number of methoxy groups -OCH3 is 3. The van der Waals surface area contributed by atoms with Crippen LogP contribution in [-0.4, -0.2) is 39.7 Å². The quantitative estimate of drug-likeness (QED) is 0.751. The summed E-state index contributed by atoms with van der Waals surface area (Å²) in [7, 11) is 4.58. The molecule has 0 saturated heterocycles. The highest BCUT2D eigenvalue weighted by atomic mass is 16.5. The lowest BCUT2D eigenvalue weighted by molar-refractivity contribution is -0.120. The number of amides is 2. The fourth-order valence-corrected chi connectivity index (χ4v) is 2.35. The zero-order valence-corrected chi connectivity index (χ0v) is 15.0. The molecule has 0 aliphatic carbocycles. The number of carbonyl (C=O) groups excluding carboxylic acids is 2. The van der Waals surface area contributed by atoms with E-state index in [0.29, 0.717) is 29.4 Å². The topological polar surface area (TPSA) is 85.9 Å². The summed E-state index contributed by atoms with van der Waals surface area (Å²) in [4.78, 5) is 24.1. The lowest BCUT2D eigenvalue weighted by Gasteiger charge is -2.11. The number of hydrogen-bond donors (Lipinski definition) is 2. The third-order valence-corrected chi connectivity index (χ3v) is 3.72. The maximum absolute atomic E-state index is 12.2. The number of ether oxygens (including phenoxy) is 3. The first-order valence-corrected chi connectivity index (χ1v) is 7.97. The highest BCUT2D eigenvalue weighted by Gasteiger charge is 2.12. The lowest BCUT2D eigenvalue weighted by atomic mass is 10.2. The molecule has 0 aliphatic rings. The van der Waals surface area contributed by atoms with E-state index in [0.717, 1.165) is 5.56 Å². The molecule has 26 heavy (non-hydrogen) atoms. The molecule has 2 N–H and O–H groups in total. The first-order valence-electron chi connectivity index (χ1n) is 7.97. The molecule has 0 bridgehead atoms. The van der Waals surface area contributed by atoms with Gasteiger partial charge < -0.3 is 24.8 Å². The van der Waals surface area contributed by atoms with Crippen LogP contribution in [0.4, 0.5) is 0 Å². The summed E-state index contributed by atoms with van der Waals surface area (Å²) in [6.45, 7) is 0.178. The fourth-order valence-electron chi connectivity index (χ4n) is 2.35. The Morgan fingerprint density at radius 1 is 0.846 bits per heavy atom. The van der Waals surface area contributed by atoms with Crippen molar-refractivity contribution < 1.29 is 23.8 Å². The maximum Gasteiger partial charge on any atom is 0.251 e. The lowest BCUT2D eigenvalue weighted by Crippen LogP contribution is -2.36. The highest BCUT2D eigenvalue weighted by Crippen LogP contribution is 2.27. The molecule has 0 unspecified atom stereocenters. The van der Waals surface area contributed by atoms with Gasteiger partial charge in [0.1, 0.15) is 5.75 Å². The second kappa shape index (κ2) is 9.31. The first kappa shape index (κ1) is 19.1. The van der Waals surface area contributed by atoms with Gasteiger partial charge in [0.25, 0.3) is 5.91 Å².